The van der Waals surface area contributed by atoms with Crippen LogP contribution in [0, 0.1) is 0 Å². The Hall–Kier alpha value is -2.00. The predicted octanol–water partition coefficient (Wildman–Crippen LogP) is 2.79. The lowest BCUT2D eigenvalue weighted by Crippen LogP contribution is -2.42. The Morgan fingerprint density at radius 2 is 1.87 bits per heavy atom. The maximum absolute atomic E-state index is 12.1. The Bertz CT molecular complexity index is 984. The highest BCUT2D eigenvalue weighted by atomic mass is 35.5. The molecule has 0 saturated carbocycles. The van der Waals surface area contributed by atoms with Gasteiger partial charge in [0, 0.05) is 19.1 Å². The van der Waals surface area contributed by atoms with E-state index in [1.807, 2.05) is 23.1 Å². The largest absolute Gasteiger partial charge is 0.493 e. The number of para-hydroxylation sites is 1. The molecular weight excluding hydrogens is 442 g/mol. The summed E-state index contributed by atoms with van der Waals surface area (Å²) in [6, 6.07) is 12.5. The van der Waals surface area contributed by atoms with Crippen molar-refractivity contribution in [3.63, 3.8) is 0 Å². The lowest BCUT2D eigenvalue weighted by atomic mass is 10.1. The highest BCUT2D eigenvalue weighted by molar-refractivity contribution is 7.91. The van der Waals surface area contributed by atoms with Gasteiger partial charge >= 0.3 is 0 Å². The second kappa shape index (κ2) is 10.5. The number of benzene rings is 2. The molecule has 2 aromatic rings. The van der Waals surface area contributed by atoms with Crippen LogP contribution in [0.5, 0.6) is 17.2 Å². The second-order valence-corrected chi connectivity index (χ2v) is 10.2. The van der Waals surface area contributed by atoms with Gasteiger partial charge in [0.15, 0.2) is 21.3 Å². The van der Waals surface area contributed by atoms with E-state index in [4.69, 9.17) is 25.8 Å². The van der Waals surface area contributed by atoms with Gasteiger partial charge in [-0.15, -0.1) is 0 Å². The normalized spacial score (nSPS) is 18.7. The van der Waals surface area contributed by atoms with Crippen molar-refractivity contribution in [1.29, 1.82) is 0 Å². The van der Waals surface area contributed by atoms with E-state index in [0.29, 0.717) is 35.2 Å². The maximum atomic E-state index is 12.1. The summed E-state index contributed by atoms with van der Waals surface area (Å²) in [6.45, 7) is 0.772. The third-order valence-corrected chi connectivity index (χ3v) is 7.33. The Balaban J connectivity index is 1.71. The molecule has 0 aromatic heterocycles. The molecule has 1 aliphatic heterocycles. The number of rotatable bonds is 10. The predicted molar refractivity (Wildman–Crippen MR) is 120 cm³/mol. The van der Waals surface area contributed by atoms with Gasteiger partial charge in [0.25, 0.3) is 0 Å². The number of ether oxygens (including phenoxy) is 3. The van der Waals surface area contributed by atoms with Crippen LogP contribution in [0.2, 0.25) is 5.02 Å². The summed E-state index contributed by atoms with van der Waals surface area (Å²) < 4.78 is 40.4. The van der Waals surface area contributed by atoms with Gasteiger partial charge in [-0.1, -0.05) is 29.8 Å². The fraction of sp³-hybridized carbons (Fsp3) is 0.455. The highest BCUT2D eigenvalue weighted by Crippen LogP contribution is 2.29. The van der Waals surface area contributed by atoms with E-state index in [1.54, 1.807) is 38.5 Å². The zero-order chi connectivity index (χ0) is 22.4. The van der Waals surface area contributed by atoms with Crippen LogP contribution in [-0.4, -0.2) is 69.4 Å². The summed E-state index contributed by atoms with van der Waals surface area (Å²) in [6.07, 6.45) is -0.284. The van der Waals surface area contributed by atoms with E-state index in [1.165, 1.54) is 0 Å². The van der Waals surface area contributed by atoms with Crippen LogP contribution in [0.3, 0.4) is 0 Å². The Kier molecular flexibility index (Phi) is 8.05. The standard InChI is InChI=1S/C22H28ClNO6S/c1-28-21-8-7-16(11-22(21)29-2)12-24(17-9-10-31(26,27)15-17)13-18(25)14-30-20-6-4-3-5-19(20)23/h3-8,11,17-18,25H,9-10,12-15H2,1-2H3. The van der Waals surface area contributed by atoms with Crippen molar-refractivity contribution in [3.05, 3.63) is 53.1 Å². The second-order valence-electron chi connectivity index (χ2n) is 7.57. The molecule has 7 nitrogen and oxygen atoms in total. The van der Waals surface area contributed by atoms with Crippen molar-refractivity contribution in [2.75, 3.05) is 38.9 Å². The molecule has 1 saturated heterocycles. The first-order valence-corrected chi connectivity index (χ1v) is 12.2. The van der Waals surface area contributed by atoms with Crippen LogP contribution in [0.1, 0.15) is 12.0 Å². The summed E-state index contributed by atoms with van der Waals surface area (Å²) >= 11 is 6.10. The van der Waals surface area contributed by atoms with Gasteiger partial charge in [-0.3, -0.25) is 4.90 Å². The minimum atomic E-state index is -3.07. The number of nitrogens with zero attached hydrogens (tertiary/aromatic N) is 1. The van der Waals surface area contributed by atoms with E-state index in [2.05, 4.69) is 0 Å². The van der Waals surface area contributed by atoms with E-state index in [9.17, 15) is 13.5 Å². The van der Waals surface area contributed by atoms with Crippen LogP contribution in [0.4, 0.5) is 0 Å². The lowest BCUT2D eigenvalue weighted by molar-refractivity contribution is 0.0525. The highest BCUT2D eigenvalue weighted by Gasteiger charge is 2.33. The van der Waals surface area contributed by atoms with Gasteiger partial charge in [0.2, 0.25) is 0 Å². The topological polar surface area (TPSA) is 85.3 Å². The van der Waals surface area contributed by atoms with E-state index in [0.717, 1.165) is 5.56 Å². The number of aliphatic hydroxyl groups excluding tert-OH is 1. The van der Waals surface area contributed by atoms with Gasteiger partial charge in [-0.25, -0.2) is 8.42 Å². The Labute approximate surface area is 188 Å². The van der Waals surface area contributed by atoms with E-state index >= 15 is 0 Å². The molecule has 0 bridgehead atoms. The van der Waals surface area contributed by atoms with E-state index < -0.39 is 15.9 Å². The monoisotopic (exact) mass is 469 g/mol. The van der Waals surface area contributed by atoms with Crippen LogP contribution in [0.25, 0.3) is 0 Å². The molecule has 1 N–H and O–H groups in total. The molecule has 3 rings (SSSR count). The summed E-state index contributed by atoms with van der Waals surface area (Å²) in [5.74, 6) is 1.96. The number of sulfone groups is 1. The molecular formula is C22H28ClNO6S. The molecule has 0 amide bonds. The van der Waals surface area contributed by atoms with Crippen molar-refractivity contribution in [1.82, 2.24) is 4.90 Å². The van der Waals surface area contributed by atoms with Crippen molar-refractivity contribution in [3.8, 4) is 17.2 Å². The average Bonchev–Trinajstić information content (AvgIpc) is 3.12. The Morgan fingerprint density at radius 1 is 1.13 bits per heavy atom. The zero-order valence-corrected chi connectivity index (χ0v) is 19.2. The molecule has 31 heavy (non-hydrogen) atoms. The molecule has 1 aliphatic rings. The lowest BCUT2D eigenvalue weighted by Gasteiger charge is -2.30. The number of halogens is 1. The number of hydrogen-bond donors (Lipinski definition) is 1. The van der Waals surface area contributed by atoms with E-state index in [-0.39, 0.29) is 30.7 Å². The minimum Gasteiger partial charge on any atom is -0.493 e. The maximum Gasteiger partial charge on any atom is 0.161 e. The van der Waals surface area contributed by atoms with Gasteiger partial charge in [-0.05, 0) is 36.2 Å². The SMILES string of the molecule is COc1ccc(CN(CC(O)COc2ccccc2Cl)C2CCS(=O)(=O)C2)cc1OC. The third kappa shape index (κ3) is 6.49. The van der Waals surface area contributed by atoms with Gasteiger partial charge in [0.05, 0.1) is 30.7 Å². The molecule has 0 radical (unpaired) electrons. The van der Waals surface area contributed by atoms with Crippen LogP contribution >= 0.6 is 11.6 Å². The van der Waals surface area contributed by atoms with Crippen LogP contribution in [-0.2, 0) is 16.4 Å². The average molecular weight is 470 g/mol. The molecule has 2 aromatic carbocycles. The summed E-state index contributed by atoms with van der Waals surface area (Å²) in [5, 5.41) is 11.1. The number of hydrogen-bond acceptors (Lipinski definition) is 7. The molecule has 2 unspecified atom stereocenters. The fourth-order valence-electron chi connectivity index (χ4n) is 3.69. The van der Waals surface area contributed by atoms with Crippen molar-refractivity contribution in [2.24, 2.45) is 0 Å². The Morgan fingerprint density at radius 3 is 2.52 bits per heavy atom. The molecule has 0 spiro atoms. The van der Waals surface area contributed by atoms with Crippen molar-refractivity contribution < 1.29 is 27.7 Å². The molecule has 9 heteroatoms. The number of methoxy groups -OCH3 is 2. The smallest absolute Gasteiger partial charge is 0.161 e. The quantitative estimate of drug-likeness (QED) is 0.572. The van der Waals surface area contributed by atoms with Crippen LogP contribution < -0.4 is 14.2 Å². The van der Waals surface area contributed by atoms with Gasteiger partial charge in [0.1, 0.15) is 18.5 Å². The third-order valence-electron chi connectivity index (χ3n) is 5.27. The molecule has 1 fully saturated rings. The first kappa shape index (κ1) is 23.7. The first-order chi connectivity index (χ1) is 14.8. The van der Waals surface area contributed by atoms with Crippen molar-refractivity contribution >= 4 is 21.4 Å². The van der Waals surface area contributed by atoms with Crippen molar-refractivity contribution in [2.45, 2.75) is 25.1 Å². The summed E-state index contributed by atoms with van der Waals surface area (Å²) in [7, 11) is 0.0706. The number of aliphatic hydroxyl groups is 1. The zero-order valence-electron chi connectivity index (χ0n) is 17.7. The minimum absolute atomic E-state index is 0.0473. The molecule has 170 valence electrons. The fourth-order valence-corrected chi connectivity index (χ4v) is 5.64. The first-order valence-electron chi connectivity index (χ1n) is 10.0. The van der Waals surface area contributed by atoms with Crippen LogP contribution in [0.15, 0.2) is 42.5 Å². The molecule has 2 atom stereocenters. The summed E-state index contributed by atoms with van der Waals surface area (Å²) in [5.41, 5.74) is 0.932. The molecule has 0 aliphatic carbocycles. The molecule has 1 heterocycles. The van der Waals surface area contributed by atoms with Gasteiger partial charge < -0.3 is 19.3 Å². The van der Waals surface area contributed by atoms with Gasteiger partial charge in [-0.2, -0.15) is 0 Å². The summed E-state index contributed by atoms with van der Waals surface area (Å²) in [4.78, 5) is 1.99.